The van der Waals surface area contributed by atoms with Gasteiger partial charge in [0, 0.05) is 29.7 Å². The first kappa shape index (κ1) is 14.8. The van der Waals surface area contributed by atoms with Crippen molar-refractivity contribution in [2.45, 2.75) is 20.4 Å². The number of rotatable bonds is 4. The van der Waals surface area contributed by atoms with Gasteiger partial charge in [0.25, 0.3) is 0 Å². The van der Waals surface area contributed by atoms with Gasteiger partial charge in [-0.25, -0.2) is 0 Å². The Kier molecular flexibility index (Phi) is 6.16. The SMILES string of the molecule is CC.N=Cc1cc(N)ccc1NCc1ccccc1. The van der Waals surface area contributed by atoms with Crippen molar-refractivity contribution in [2.75, 3.05) is 11.1 Å². The molecule has 0 unspecified atom stereocenters. The fourth-order valence-corrected chi connectivity index (χ4v) is 1.65. The molecule has 0 saturated heterocycles. The van der Waals surface area contributed by atoms with E-state index in [0.717, 1.165) is 17.8 Å². The fraction of sp³-hybridized carbons (Fsp3) is 0.188. The molecule has 4 N–H and O–H groups in total. The average molecular weight is 255 g/mol. The molecule has 2 rings (SSSR count). The van der Waals surface area contributed by atoms with Crippen LogP contribution in [0.15, 0.2) is 48.5 Å². The molecule has 19 heavy (non-hydrogen) atoms. The third kappa shape index (κ3) is 4.47. The zero-order valence-electron chi connectivity index (χ0n) is 11.5. The molecule has 3 nitrogen and oxygen atoms in total. The Morgan fingerprint density at radius 1 is 1.11 bits per heavy atom. The fourth-order valence-electron chi connectivity index (χ4n) is 1.65. The van der Waals surface area contributed by atoms with Gasteiger partial charge < -0.3 is 16.5 Å². The lowest BCUT2D eigenvalue weighted by molar-refractivity contribution is 1.15. The van der Waals surface area contributed by atoms with E-state index in [0.29, 0.717) is 5.69 Å². The van der Waals surface area contributed by atoms with Crippen LogP contribution in [0.1, 0.15) is 25.0 Å². The highest BCUT2D eigenvalue weighted by Gasteiger charge is 2.00. The third-order valence-electron chi connectivity index (χ3n) is 2.56. The van der Waals surface area contributed by atoms with Crippen LogP contribution in [0.3, 0.4) is 0 Å². The monoisotopic (exact) mass is 255 g/mol. The summed E-state index contributed by atoms with van der Waals surface area (Å²) < 4.78 is 0. The first-order valence-electron chi connectivity index (χ1n) is 6.47. The zero-order valence-corrected chi connectivity index (χ0v) is 11.5. The molecule has 0 heterocycles. The lowest BCUT2D eigenvalue weighted by atomic mass is 10.1. The third-order valence-corrected chi connectivity index (χ3v) is 2.56. The van der Waals surface area contributed by atoms with Crippen molar-refractivity contribution in [1.29, 1.82) is 5.41 Å². The normalized spacial score (nSPS) is 9.16. The Bertz CT molecular complexity index is 507. The van der Waals surface area contributed by atoms with Gasteiger partial charge in [-0.1, -0.05) is 44.2 Å². The van der Waals surface area contributed by atoms with Crippen molar-refractivity contribution in [2.24, 2.45) is 0 Å². The lowest BCUT2D eigenvalue weighted by Gasteiger charge is -2.10. The summed E-state index contributed by atoms with van der Waals surface area (Å²) in [4.78, 5) is 0. The summed E-state index contributed by atoms with van der Waals surface area (Å²) in [6, 6.07) is 15.7. The van der Waals surface area contributed by atoms with Gasteiger partial charge in [-0.15, -0.1) is 0 Å². The first-order chi connectivity index (χ1) is 9.29. The molecule has 0 spiro atoms. The van der Waals surface area contributed by atoms with Crippen molar-refractivity contribution in [3.8, 4) is 0 Å². The molecule has 0 fully saturated rings. The summed E-state index contributed by atoms with van der Waals surface area (Å²) in [6.45, 7) is 4.74. The van der Waals surface area contributed by atoms with E-state index in [1.165, 1.54) is 11.8 Å². The Hall–Kier alpha value is -2.29. The molecule has 2 aromatic rings. The lowest BCUT2D eigenvalue weighted by Crippen LogP contribution is -2.02. The predicted molar refractivity (Wildman–Crippen MR) is 83.9 cm³/mol. The molecular weight excluding hydrogens is 234 g/mol. The molecule has 2 aromatic carbocycles. The molecule has 0 amide bonds. The van der Waals surface area contributed by atoms with E-state index in [2.05, 4.69) is 17.4 Å². The number of nitrogen functional groups attached to an aromatic ring is 1. The molecule has 0 aromatic heterocycles. The molecule has 100 valence electrons. The van der Waals surface area contributed by atoms with Gasteiger partial charge in [0.15, 0.2) is 0 Å². The number of benzene rings is 2. The van der Waals surface area contributed by atoms with E-state index in [9.17, 15) is 0 Å². The second kappa shape index (κ2) is 7.93. The van der Waals surface area contributed by atoms with Crippen molar-refractivity contribution >= 4 is 17.6 Å². The number of hydrogen-bond acceptors (Lipinski definition) is 3. The molecule has 0 saturated carbocycles. The van der Waals surface area contributed by atoms with E-state index < -0.39 is 0 Å². The second-order valence-electron chi connectivity index (χ2n) is 3.83. The number of nitrogens with one attached hydrogen (secondary N) is 2. The van der Waals surface area contributed by atoms with Gasteiger partial charge in [0.05, 0.1) is 0 Å². The van der Waals surface area contributed by atoms with Crippen LogP contribution in [0.25, 0.3) is 0 Å². The maximum atomic E-state index is 7.34. The highest BCUT2D eigenvalue weighted by Crippen LogP contribution is 2.17. The molecule has 0 atom stereocenters. The highest BCUT2D eigenvalue weighted by molar-refractivity contribution is 5.87. The second-order valence-corrected chi connectivity index (χ2v) is 3.83. The molecule has 0 bridgehead atoms. The van der Waals surface area contributed by atoms with E-state index in [1.807, 2.05) is 44.2 Å². The standard InChI is InChI=1S/C14H15N3.C2H6/c15-9-12-8-13(16)6-7-14(12)17-10-11-4-2-1-3-5-11;1-2/h1-9,15,17H,10,16H2;1-2H3. The van der Waals surface area contributed by atoms with Gasteiger partial charge >= 0.3 is 0 Å². The number of nitrogens with two attached hydrogens (primary N) is 1. The minimum Gasteiger partial charge on any atom is -0.399 e. The largest absolute Gasteiger partial charge is 0.399 e. The van der Waals surface area contributed by atoms with Crippen molar-refractivity contribution in [3.63, 3.8) is 0 Å². The maximum absolute atomic E-state index is 7.34. The summed E-state index contributed by atoms with van der Waals surface area (Å²) in [6.07, 6.45) is 1.31. The van der Waals surface area contributed by atoms with Crippen molar-refractivity contribution < 1.29 is 0 Å². The van der Waals surface area contributed by atoms with Crippen LogP contribution in [0, 0.1) is 5.41 Å². The molecule has 0 radical (unpaired) electrons. The van der Waals surface area contributed by atoms with E-state index >= 15 is 0 Å². The van der Waals surface area contributed by atoms with E-state index in [4.69, 9.17) is 11.1 Å². The highest BCUT2D eigenvalue weighted by atomic mass is 14.9. The summed E-state index contributed by atoms with van der Waals surface area (Å²) in [5, 5.41) is 10.6. The van der Waals surface area contributed by atoms with E-state index in [1.54, 1.807) is 6.07 Å². The molecule has 0 aliphatic heterocycles. The first-order valence-corrected chi connectivity index (χ1v) is 6.47. The van der Waals surface area contributed by atoms with Crippen molar-refractivity contribution in [1.82, 2.24) is 0 Å². The average Bonchev–Trinajstić information content (AvgIpc) is 2.49. The number of hydrogen-bond donors (Lipinski definition) is 3. The predicted octanol–water partition coefficient (Wildman–Crippen LogP) is 3.90. The zero-order chi connectivity index (χ0) is 14.1. The summed E-state index contributed by atoms with van der Waals surface area (Å²) in [5.74, 6) is 0. The summed E-state index contributed by atoms with van der Waals surface area (Å²) >= 11 is 0. The van der Waals surface area contributed by atoms with Crippen LogP contribution in [-0.2, 0) is 6.54 Å². The van der Waals surface area contributed by atoms with Crippen molar-refractivity contribution in [3.05, 3.63) is 59.7 Å². The Morgan fingerprint density at radius 3 is 2.42 bits per heavy atom. The molecule has 3 heteroatoms. The minimum atomic E-state index is 0.675. The van der Waals surface area contributed by atoms with Gasteiger partial charge in [-0.2, -0.15) is 0 Å². The number of anilines is 2. The Labute approximate surface area is 115 Å². The van der Waals surface area contributed by atoms with Crippen LogP contribution in [0.5, 0.6) is 0 Å². The van der Waals surface area contributed by atoms with Crippen LogP contribution < -0.4 is 11.1 Å². The summed E-state index contributed by atoms with van der Waals surface area (Å²) in [7, 11) is 0. The van der Waals surface area contributed by atoms with Crippen LogP contribution in [0.4, 0.5) is 11.4 Å². The maximum Gasteiger partial charge on any atom is 0.0433 e. The van der Waals surface area contributed by atoms with Gasteiger partial charge in [-0.3, -0.25) is 0 Å². The van der Waals surface area contributed by atoms with Crippen LogP contribution >= 0.6 is 0 Å². The van der Waals surface area contributed by atoms with Crippen LogP contribution in [-0.4, -0.2) is 6.21 Å². The smallest absolute Gasteiger partial charge is 0.0433 e. The summed E-state index contributed by atoms with van der Waals surface area (Å²) in [5.41, 5.74) is 9.30. The van der Waals surface area contributed by atoms with Crippen LogP contribution in [0.2, 0.25) is 0 Å². The Morgan fingerprint density at radius 2 is 1.79 bits per heavy atom. The molecule has 0 aliphatic carbocycles. The van der Waals surface area contributed by atoms with Gasteiger partial charge in [0.1, 0.15) is 0 Å². The topological polar surface area (TPSA) is 61.9 Å². The minimum absolute atomic E-state index is 0.675. The molecular formula is C16H21N3. The molecule has 0 aliphatic rings. The van der Waals surface area contributed by atoms with Gasteiger partial charge in [-0.05, 0) is 23.8 Å². The quantitative estimate of drug-likeness (QED) is 0.573. The Balaban J connectivity index is 0.000000861. The van der Waals surface area contributed by atoms with E-state index in [-0.39, 0.29) is 0 Å². The van der Waals surface area contributed by atoms with Gasteiger partial charge in [0.2, 0.25) is 0 Å².